The standard InChI is InChI=1S/C16H30.C2H6/c1-12(2)9-10-14(5)15(11-13(3)4)16(6,7)8;1-2/h9-10,12-13,15H,5,11H2,1-4,6-8H3;1-2H3/b10-9-;. The van der Waals surface area contributed by atoms with Gasteiger partial charge in [0.05, 0.1) is 0 Å². The predicted octanol–water partition coefficient (Wildman–Crippen LogP) is 6.49. The van der Waals surface area contributed by atoms with Gasteiger partial charge in [-0.05, 0) is 29.6 Å². The summed E-state index contributed by atoms with van der Waals surface area (Å²) in [5.74, 6) is 1.92. The second-order valence-electron chi connectivity index (χ2n) is 6.73. The molecule has 0 fully saturated rings. The van der Waals surface area contributed by atoms with E-state index in [-0.39, 0.29) is 0 Å². The van der Waals surface area contributed by atoms with Crippen LogP contribution in [-0.4, -0.2) is 0 Å². The summed E-state index contributed by atoms with van der Waals surface area (Å²) in [5, 5.41) is 0. The highest BCUT2D eigenvalue weighted by molar-refractivity contribution is 5.20. The van der Waals surface area contributed by atoms with Crippen LogP contribution in [0.2, 0.25) is 0 Å². The molecule has 0 rings (SSSR count). The van der Waals surface area contributed by atoms with E-state index in [1.807, 2.05) is 13.8 Å². The lowest BCUT2D eigenvalue weighted by Crippen LogP contribution is -2.23. The third-order valence-electron chi connectivity index (χ3n) is 2.90. The summed E-state index contributed by atoms with van der Waals surface area (Å²) in [6.07, 6.45) is 5.70. The maximum atomic E-state index is 4.26. The Bertz CT molecular complexity index is 235. The Morgan fingerprint density at radius 2 is 1.50 bits per heavy atom. The van der Waals surface area contributed by atoms with Crippen molar-refractivity contribution in [3.8, 4) is 0 Å². The normalized spacial score (nSPS) is 13.7. The third kappa shape index (κ3) is 9.50. The molecule has 1 unspecified atom stereocenters. The fraction of sp³-hybridized carbons (Fsp3) is 0.778. The molecule has 0 aliphatic heterocycles. The van der Waals surface area contributed by atoms with Crippen molar-refractivity contribution in [2.24, 2.45) is 23.2 Å². The molecule has 0 aliphatic carbocycles. The van der Waals surface area contributed by atoms with Crippen LogP contribution in [0.5, 0.6) is 0 Å². The number of allylic oxidation sites excluding steroid dienone is 3. The number of hydrogen-bond donors (Lipinski definition) is 0. The van der Waals surface area contributed by atoms with E-state index in [1.165, 1.54) is 12.0 Å². The molecule has 0 amide bonds. The lowest BCUT2D eigenvalue weighted by atomic mass is 9.72. The second-order valence-corrected chi connectivity index (χ2v) is 6.73. The van der Waals surface area contributed by atoms with Crippen molar-refractivity contribution < 1.29 is 0 Å². The molecule has 108 valence electrons. The molecular formula is C18H36. The number of hydrogen-bond acceptors (Lipinski definition) is 0. The molecule has 18 heavy (non-hydrogen) atoms. The van der Waals surface area contributed by atoms with Gasteiger partial charge in [0.2, 0.25) is 0 Å². The van der Waals surface area contributed by atoms with E-state index in [9.17, 15) is 0 Å². The lowest BCUT2D eigenvalue weighted by Gasteiger charge is -2.33. The van der Waals surface area contributed by atoms with Crippen LogP contribution < -0.4 is 0 Å². The van der Waals surface area contributed by atoms with E-state index < -0.39 is 0 Å². The summed E-state index contributed by atoms with van der Waals surface area (Å²) in [7, 11) is 0. The highest BCUT2D eigenvalue weighted by Gasteiger charge is 2.26. The SMILES string of the molecule is C=C(/C=C\C(C)C)C(CC(C)C)C(C)(C)C.CC. The summed E-state index contributed by atoms with van der Waals surface area (Å²) in [6, 6.07) is 0. The summed E-state index contributed by atoms with van der Waals surface area (Å²) < 4.78 is 0. The Balaban J connectivity index is 0. The molecule has 0 nitrogen and oxygen atoms in total. The zero-order valence-electron chi connectivity index (χ0n) is 14.3. The van der Waals surface area contributed by atoms with Crippen molar-refractivity contribution in [1.29, 1.82) is 0 Å². The zero-order chi connectivity index (χ0) is 14.9. The highest BCUT2D eigenvalue weighted by Crippen LogP contribution is 2.36. The van der Waals surface area contributed by atoms with Crippen LogP contribution in [0.1, 0.15) is 68.7 Å². The van der Waals surface area contributed by atoms with Gasteiger partial charge in [0.15, 0.2) is 0 Å². The molecule has 0 aromatic carbocycles. The van der Waals surface area contributed by atoms with Gasteiger partial charge in [-0.2, -0.15) is 0 Å². The van der Waals surface area contributed by atoms with Crippen LogP contribution in [0, 0.1) is 23.2 Å². The minimum atomic E-state index is 0.308. The second kappa shape index (κ2) is 9.42. The average molecular weight is 252 g/mol. The molecule has 0 N–H and O–H groups in total. The van der Waals surface area contributed by atoms with Crippen LogP contribution in [0.15, 0.2) is 24.3 Å². The lowest BCUT2D eigenvalue weighted by molar-refractivity contribution is 0.245. The van der Waals surface area contributed by atoms with Gasteiger partial charge in [-0.3, -0.25) is 0 Å². The van der Waals surface area contributed by atoms with Crippen LogP contribution in [0.4, 0.5) is 0 Å². The van der Waals surface area contributed by atoms with E-state index in [0.29, 0.717) is 17.3 Å². The van der Waals surface area contributed by atoms with Gasteiger partial charge in [0, 0.05) is 0 Å². The fourth-order valence-electron chi connectivity index (χ4n) is 1.96. The molecule has 0 aromatic heterocycles. The zero-order valence-corrected chi connectivity index (χ0v) is 14.3. The first kappa shape index (κ1) is 19.8. The first-order valence-electron chi connectivity index (χ1n) is 7.51. The molecular weight excluding hydrogens is 216 g/mol. The van der Waals surface area contributed by atoms with Crippen LogP contribution >= 0.6 is 0 Å². The summed E-state index contributed by atoms with van der Waals surface area (Å²) >= 11 is 0. The first-order chi connectivity index (χ1) is 8.14. The topological polar surface area (TPSA) is 0 Å². The van der Waals surface area contributed by atoms with Crippen LogP contribution in [0.25, 0.3) is 0 Å². The fourth-order valence-corrected chi connectivity index (χ4v) is 1.96. The van der Waals surface area contributed by atoms with Crippen LogP contribution in [-0.2, 0) is 0 Å². The monoisotopic (exact) mass is 252 g/mol. The molecule has 0 heteroatoms. The quantitative estimate of drug-likeness (QED) is 0.491. The molecule has 0 radical (unpaired) electrons. The third-order valence-corrected chi connectivity index (χ3v) is 2.90. The highest BCUT2D eigenvalue weighted by atomic mass is 14.3. The van der Waals surface area contributed by atoms with E-state index in [2.05, 4.69) is 67.2 Å². The molecule has 0 saturated heterocycles. The maximum Gasteiger partial charge on any atom is -0.0117 e. The van der Waals surface area contributed by atoms with E-state index in [4.69, 9.17) is 0 Å². The van der Waals surface area contributed by atoms with E-state index >= 15 is 0 Å². The average Bonchev–Trinajstić information content (AvgIpc) is 2.23. The van der Waals surface area contributed by atoms with Gasteiger partial charge in [-0.15, -0.1) is 0 Å². The molecule has 0 bridgehead atoms. The van der Waals surface area contributed by atoms with E-state index in [1.54, 1.807) is 0 Å². The largest absolute Gasteiger partial charge is 0.0955 e. The van der Waals surface area contributed by atoms with Crippen molar-refractivity contribution >= 4 is 0 Å². The molecule has 0 aliphatic rings. The molecule has 0 heterocycles. The molecule has 0 aromatic rings. The maximum absolute atomic E-state index is 4.26. The van der Waals surface area contributed by atoms with Crippen molar-refractivity contribution in [1.82, 2.24) is 0 Å². The van der Waals surface area contributed by atoms with Gasteiger partial charge < -0.3 is 0 Å². The number of rotatable bonds is 5. The Hall–Kier alpha value is -0.520. The van der Waals surface area contributed by atoms with Gasteiger partial charge in [0.25, 0.3) is 0 Å². The molecule has 1 atom stereocenters. The minimum absolute atomic E-state index is 0.308. The van der Waals surface area contributed by atoms with Gasteiger partial charge in [-0.1, -0.05) is 86.6 Å². The molecule has 0 spiro atoms. The van der Waals surface area contributed by atoms with Crippen molar-refractivity contribution in [3.05, 3.63) is 24.3 Å². The Morgan fingerprint density at radius 3 is 1.78 bits per heavy atom. The van der Waals surface area contributed by atoms with Crippen molar-refractivity contribution in [2.45, 2.75) is 68.7 Å². The van der Waals surface area contributed by atoms with Gasteiger partial charge in [-0.25, -0.2) is 0 Å². The van der Waals surface area contributed by atoms with Crippen molar-refractivity contribution in [2.75, 3.05) is 0 Å². The Kier molecular flexibility index (Phi) is 10.4. The Labute approximate surface area is 117 Å². The van der Waals surface area contributed by atoms with Crippen LogP contribution in [0.3, 0.4) is 0 Å². The summed E-state index contributed by atoms with van der Waals surface area (Å²) in [6.45, 7) is 24.2. The first-order valence-corrected chi connectivity index (χ1v) is 7.51. The smallest absolute Gasteiger partial charge is 0.0117 e. The molecule has 0 saturated carbocycles. The van der Waals surface area contributed by atoms with Gasteiger partial charge in [0.1, 0.15) is 0 Å². The van der Waals surface area contributed by atoms with E-state index in [0.717, 1.165) is 5.92 Å². The summed E-state index contributed by atoms with van der Waals surface area (Å²) in [4.78, 5) is 0. The Morgan fingerprint density at radius 1 is 1.06 bits per heavy atom. The predicted molar refractivity (Wildman–Crippen MR) is 86.9 cm³/mol. The van der Waals surface area contributed by atoms with Crippen molar-refractivity contribution in [3.63, 3.8) is 0 Å². The minimum Gasteiger partial charge on any atom is -0.0955 e. The van der Waals surface area contributed by atoms with Gasteiger partial charge >= 0.3 is 0 Å². The summed E-state index contributed by atoms with van der Waals surface area (Å²) in [5.41, 5.74) is 1.60.